The molecule has 0 unspecified atom stereocenters. The van der Waals surface area contributed by atoms with Crippen molar-refractivity contribution in [2.75, 3.05) is 6.61 Å². The lowest BCUT2D eigenvalue weighted by Gasteiger charge is -2.03. The van der Waals surface area contributed by atoms with E-state index in [0.717, 1.165) is 5.69 Å². The number of carbonyl (C=O) groups is 1. The minimum absolute atomic E-state index is 0.339. The van der Waals surface area contributed by atoms with Gasteiger partial charge in [-0.3, -0.25) is 9.97 Å². The maximum absolute atomic E-state index is 10.9. The zero-order valence-electron chi connectivity index (χ0n) is 8.28. The second kappa shape index (κ2) is 5.16. The fourth-order valence-corrected chi connectivity index (χ4v) is 0.855. The minimum atomic E-state index is -0.435. The number of amides is 1. The highest BCUT2D eigenvalue weighted by molar-refractivity contribution is 5.66. The van der Waals surface area contributed by atoms with Crippen LogP contribution in [0, 0.1) is 6.92 Å². The zero-order valence-corrected chi connectivity index (χ0v) is 8.28. The molecule has 1 heterocycles. The summed E-state index contributed by atoms with van der Waals surface area (Å²) >= 11 is 0. The van der Waals surface area contributed by atoms with Crippen LogP contribution in [-0.4, -0.2) is 22.7 Å². The summed E-state index contributed by atoms with van der Waals surface area (Å²) < 4.78 is 4.69. The van der Waals surface area contributed by atoms with Gasteiger partial charge in [-0.2, -0.15) is 0 Å². The number of carbonyl (C=O) groups excluding carboxylic acids is 1. The second-order valence-electron chi connectivity index (χ2n) is 2.72. The molecule has 1 aromatic rings. The molecule has 0 spiro atoms. The van der Waals surface area contributed by atoms with Gasteiger partial charge >= 0.3 is 6.09 Å². The predicted molar refractivity (Wildman–Crippen MR) is 50.6 cm³/mol. The van der Waals surface area contributed by atoms with E-state index in [-0.39, 0.29) is 0 Å². The quantitative estimate of drug-likeness (QED) is 0.782. The SMILES string of the molecule is CCOC(=O)NCc1cnc(C)cn1. The number of ether oxygens (including phenoxy) is 1. The molecule has 14 heavy (non-hydrogen) atoms. The molecule has 0 saturated carbocycles. The lowest BCUT2D eigenvalue weighted by Crippen LogP contribution is -2.24. The van der Waals surface area contributed by atoms with Crippen LogP contribution >= 0.6 is 0 Å². The van der Waals surface area contributed by atoms with Gasteiger partial charge in [-0.05, 0) is 13.8 Å². The maximum atomic E-state index is 10.9. The Morgan fingerprint density at radius 2 is 2.29 bits per heavy atom. The number of nitrogens with one attached hydrogen (secondary N) is 1. The minimum Gasteiger partial charge on any atom is -0.450 e. The van der Waals surface area contributed by atoms with E-state index in [2.05, 4.69) is 20.0 Å². The third-order valence-electron chi connectivity index (χ3n) is 1.52. The number of hydrogen-bond acceptors (Lipinski definition) is 4. The van der Waals surface area contributed by atoms with Gasteiger partial charge < -0.3 is 10.1 Å². The van der Waals surface area contributed by atoms with Gasteiger partial charge in [-0.15, -0.1) is 0 Å². The van der Waals surface area contributed by atoms with E-state index in [4.69, 9.17) is 0 Å². The van der Waals surface area contributed by atoms with Crippen LogP contribution in [0.4, 0.5) is 4.79 Å². The number of aromatic nitrogens is 2. The number of hydrogen-bond donors (Lipinski definition) is 1. The summed E-state index contributed by atoms with van der Waals surface area (Å²) in [6.45, 7) is 4.32. The first-order valence-corrected chi connectivity index (χ1v) is 4.40. The standard InChI is InChI=1S/C9H13N3O2/c1-3-14-9(13)12-6-8-5-10-7(2)4-11-8/h4-5H,3,6H2,1-2H3,(H,12,13). The molecular formula is C9H13N3O2. The molecule has 1 N–H and O–H groups in total. The first-order valence-electron chi connectivity index (χ1n) is 4.40. The average Bonchev–Trinajstić information content (AvgIpc) is 2.17. The van der Waals surface area contributed by atoms with Crippen LogP contribution in [0.2, 0.25) is 0 Å². The highest BCUT2D eigenvalue weighted by atomic mass is 16.5. The van der Waals surface area contributed by atoms with E-state index >= 15 is 0 Å². The average molecular weight is 195 g/mol. The van der Waals surface area contributed by atoms with Crippen molar-refractivity contribution in [1.29, 1.82) is 0 Å². The lowest BCUT2D eigenvalue weighted by atomic mass is 10.4. The van der Waals surface area contributed by atoms with Gasteiger partial charge in [0.25, 0.3) is 0 Å². The predicted octanol–water partition coefficient (Wildman–Crippen LogP) is 1.03. The monoisotopic (exact) mass is 195 g/mol. The topological polar surface area (TPSA) is 64.1 Å². The smallest absolute Gasteiger partial charge is 0.407 e. The van der Waals surface area contributed by atoms with Gasteiger partial charge in [0.1, 0.15) is 0 Å². The summed E-state index contributed by atoms with van der Waals surface area (Å²) in [4.78, 5) is 19.0. The summed E-state index contributed by atoms with van der Waals surface area (Å²) in [5.74, 6) is 0. The Labute approximate surface area is 82.5 Å². The summed E-state index contributed by atoms with van der Waals surface area (Å²) in [7, 11) is 0. The van der Waals surface area contributed by atoms with Crippen molar-refractivity contribution < 1.29 is 9.53 Å². The van der Waals surface area contributed by atoms with Crippen LogP contribution in [0.15, 0.2) is 12.4 Å². The van der Waals surface area contributed by atoms with Crippen LogP contribution in [-0.2, 0) is 11.3 Å². The molecule has 1 rings (SSSR count). The Bertz CT molecular complexity index is 297. The molecule has 0 aliphatic rings. The van der Waals surface area contributed by atoms with E-state index in [1.807, 2.05) is 6.92 Å². The van der Waals surface area contributed by atoms with Crippen molar-refractivity contribution in [2.24, 2.45) is 0 Å². The first-order chi connectivity index (χ1) is 6.72. The summed E-state index contributed by atoms with van der Waals surface area (Å²) in [5.41, 5.74) is 1.56. The maximum Gasteiger partial charge on any atom is 0.407 e. The number of nitrogens with zero attached hydrogens (tertiary/aromatic N) is 2. The molecule has 76 valence electrons. The van der Waals surface area contributed by atoms with Crippen LogP contribution in [0.3, 0.4) is 0 Å². The van der Waals surface area contributed by atoms with Crippen molar-refractivity contribution in [2.45, 2.75) is 20.4 Å². The van der Waals surface area contributed by atoms with E-state index in [1.165, 1.54) is 0 Å². The Kier molecular flexibility index (Phi) is 3.84. The highest BCUT2D eigenvalue weighted by Crippen LogP contribution is 1.93. The third kappa shape index (κ3) is 3.38. The number of rotatable bonds is 3. The van der Waals surface area contributed by atoms with Gasteiger partial charge in [0.05, 0.1) is 30.7 Å². The summed E-state index contributed by atoms with van der Waals surface area (Å²) in [5, 5.41) is 2.56. The molecule has 5 heteroatoms. The fraction of sp³-hybridized carbons (Fsp3) is 0.444. The summed E-state index contributed by atoms with van der Waals surface area (Å²) in [6, 6.07) is 0. The second-order valence-corrected chi connectivity index (χ2v) is 2.72. The highest BCUT2D eigenvalue weighted by Gasteiger charge is 2.00. The molecule has 0 aliphatic heterocycles. The van der Waals surface area contributed by atoms with Crippen molar-refractivity contribution >= 4 is 6.09 Å². The van der Waals surface area contributed by atoms with Gasteiger partial charge in [0.2, 0.25) is 0 Å². The van der Waals surface area contributed by atoms with E-state index < -0.39 is 6.09 Å². The van der Waals surface area contributed by atoms with Gasteiger partial charge in [0, 0.05) is 6.20 Å². The van der Waals surface area contributed by atoms with Crippen LogP contribution in [0.25, 0.3) is 0 Å². The Hall–Kier alpha value is -1.65. The fourth-order valence-electron chi connectivity index (χ4n) is 0.855. The molecule has 0 aromatic carbocycles. The van der Waals surface area contributed by atoms with Gasteiger partial charge in [-0.25, -0.2) is 4.79 Å². The van der Waals surface area contributed by atoms with Gasteiger partial charge in [0.15, 0.2) is 0 Å². The molecule has 0 atom stereocenters. The molecule has 0 fully saturated rings. The zero-order chi connectivity index (χ0) is 10.4. The molecule has 1 aromatic heterocycles. The van der Waals surface area contributed by atoms with Crippen LogP contribution < -0.4 is 5.32 Å². The van der Waals surface area contributed by atoms with E-state index in [0.29, 0.717) is 18.8 Å². The van der Waals surface area contributed by atoms with E-state index in [9.17, 15) is 4.79 Å². The molecule has 0 radical (unpaired) electrons. The Morgan fingerprint density at radius 3 is 2.86 bits per heavy atom. The normalized spacial score (nSPS) is 9.57. The van der Waals surface area contributed by atoms with Crippen molar-refractivity contribution in [3.8, 4) is 0 Å². The Morgan fingerprint density at radius 1 is 1.50 bits per heavy atom. The lowest BCUT2D eigenvalue weighted by molar-refractivity contribution is 0.151. The molecule has 0 saturated heterocycles. The number of aryl methyl sites for hydroxylation is 1. The van der Waals surface area contributed by atoms with Gasteiger partial charge in [-0.1, -0.05) is 0 Å². The van der Waals surface area contributed by atoms with Crippen molar-refractivity contribution in [3.05, 3.63) is 23.8 Å². The largest absolute Gasteiger partial charge is 0.450 e. The van der Waals surface area contributed by atoms with Crippen molar-refractivity contribution in [3.63, 3.8) is 0 Å². The van der Waals surface area contributed by atoms with Crippen LogP contribution in [0.5, 0.6) is 0 Å². The number of alkyl carbamates (subject to hydrolysis) is 1. The Balaban J connectivity index is 2.38. The molecule has 0 aliphatic carbocycles. The molecule has 0 bridgehead atoms. The third-order valence-corrected chi connectivity index (χ3v) is 1.52. The van der Waals surface area contributed by atoms with E-state index in [1.54, 1.807) is 19.3 Å². The van der Waals surface area contributed by atoms with Crippen LogP contribution in [0.1, 0.15) is 18.3 Å². The molecule has 5 nitrogen and oxygen atoms in total. The summed E-state index contributed by atoms with van der Waals surface area (Å²) in [6.07, 6.45) is 2.85. The van der Waals surface area contributed by atoms with Crippen molar-refractivity contribution in [1.82, 2.24) is 15.3 Å². The molecule has 1 amide bonds. The molecular weight excluding hydrogens is 182 g/mol. The first kappa shape index (κ1) is 10.4.